The number of benzene rings is 2. The molecule has 0 aliphatic heterocycles. The Morgan fingerprint density at radius 1 is 1.13 bits per heavy atom. The number of hydrogen-bond donors (Lipinski definition) is 2. The molecule has 2 N–H and O–H groups in total. The normalized spacial score (nSPS) is 11.0. The summed E-state index contributed by atoms with van der Waals surface area (Å²) >= 11 is 7.85. The van der Waals surface area contributed by atoms with Crippen molar-refractivity contribution in [3.8, 4) is 11.1 Å². The minimum atomic E-state index is -1.27. The lowest BCUT2D eigenvalue weighted by Crippen LogP contribution is -2.15. The first-order valence-electron chi connectivity index (χ1n) is 8.47. The van der Waals surface area contributed by atoms with E-state index in [2.05, 4.69) is 10.3 Å². The van der Waals surface area contributed by atoms with Gasteiger partial charge in [-0.2, -0.15) is 0 Å². The number of nitrogens with zero attached hydrogens (tertiary/aromatic N) is 1. The molecular weight excluding hydrogens is 454 g/mol. The number of Topliss-reactive ketones (excluding diaryl/α,β-unsaturated/α-hetero) is 1. The number of para-hydroxylation sites is 1. The number of carbonyl (C=O) groups is 2. The Hall–Kier alpha value is -2.88. The summed E-state index contributed by atoms with van der Waals surface area (Å²) in [5, 5.41) is 14.4. The van der Waals surface area contributed by atoms with Crippen LogP contribution in [0.4, 0.5) is 13.8 Å². The number of carbonyl (C=O) groups excluding carboxylic acids is 1. The summed E-state index contributed by atoms with van der Waals surface area (Å²) in [6.45, 7) is -0.245. The quantitative estimate of drug-likeness (QED) is 0.345. The van der Waals surface area contributed by atoms with Gasteiger partial charge in [-0.1, -0.05) is 17.7 Å². The molecule has 0 saturated heterocycles. The van der Waals surface area contributed by atoms with Crippen molar-refractivity contribution in [1.82, 2.24) is 4.98 Å². The summed E-state index contributed by atoms with van der Waals surface area (Å²) in [7, 11) is 0. The van der Waals surface area contributed by atoms with Crippen LogP contribution in [0.2, 0.25) is 5.02 Å². The molecule has 2 aromatic carbocycles. The first kappa shape index (κ1) is 20.4. The number of halogens is 3. The first-order valence-corrected chi connectivity index (χ1v) is 10.5. The van der Waals surface area contributed by atoms with Crippen LogP contribution in [-0.2, 0) is 0 Å². The van der Waals surface area contributed by atoms with Gasteiger partial charge in [0, 0.05) is 21.5 Å². The van der Waals surface area contributed by atoms with Crippen molar-refractivity contribution in [3.63, 3.8) is 0 Å². The van der Waals surface area contributed by atoms with Gasteiger partial charge in [-0.3, -0.25) is 4.79 Å². The van der Waals surface area contributed by atoms with E-state index in [9.17, 15) is 23.5 Å². The van der Waals surface area contributed by atoms with Crippen LogP contribution in [0.3, 0.4) is 0 Å². The standard InChI is InChI=1S/C20H11ClF2N2O3S2/c21-9-4-5-10(13(23)6-9)11-8-29-19(16(11)20(27)28)24-7-14(26)18-25-17-12(22)2-1-3-15(17)30-18/h1-6,8,24H,7H2,(H,27,28). The Morgan fingerprint density at radius 3 is 2.63 bits per heavy atom. The molecule has 0 aliphatic rings. The largest absolute Gasteiger partial charge is 0.478 e. The van der Waals surface area contributed by atoms with Crippen LogP contribution in [0.1, 0.15) is 20.2 Å². The Balaban J connectivity index is 1.60. The van der Waals surface area contributed by atoms with Gasteiger partial charge in [-0.15, -0.1) is 22.7 Å². The predicted octanol–water partition coefficient (Wildman–Crippen LogP) is 5.95. The minimum absolute atomic E-state index is 0.0917. The average molecular weight is 465 g/mol. The summed E-state index contributed by atoms with van der Waals surface area (Å²) < 4.78 is 28.6. The Bertz CT molecular complexity index is 1300. The molecule has 2 aromatic heterocycles. The number of fused-ring (bicyclic) bond motifs is 1. The average Bonchev–Trinajstić information content (AvgIpc) is 3.31. The summed E-state index contributed by atoms with van der Waals surface area (Å²) in [6, 6.07) is 8.42. The van der Waals surface area contributed by atoms with Gasteiger partial charge in [0.25, 0.3) is 0 Å². The molecule has 10 heteroatoms. The van der Waals surface area contributed by atoms with Crippen molar-refractivity contribution in [2.45, 2.75) is 0 Å². The lowest BCUT2D eigenvalue weighted by molar-refractivity contribution is 0.0698. The molecular formula is C20H11ClF2N2O3S2. The van der Waals surface area contributed by atoms with Crippen LogP contribution >= 0.6 is 34.3 Å². The van der Waals surface area contributed by atoms with E-state index in [-0.39, 0.29) is 43.8 Å². The van der Waals surface area contributed by atoms with Crippen molar-refractivity contribution in [2.75, 3.05) is 11.9 Å². The fourth-order valence-corrected chi connectivity index (χ4v) is 4.90. The molecule has 0 saturated carbocycles. The van der Waals surface area contributed by atoms with E-state index in [1.54, 1.807) is 6.07 Å². The molecule has 0 aliphatic carbocycles. The third-order valence-corrected chi connectivity index (χ3v) is 6.48. The van der Waals surface area contributed by atoms with Crippen LogP contribution in [0.5, 0.6) is 0 Å². The number of ketones is 1. The van der Waals surface area contributed by atoms with Gasteiger partial charge in [0.1, 0.15) is 27.7 Å². The van der Waals surface area contributed by atoms with Gasteiger partial charge < -0.3 is 10.4 Å². The number of aromatic carboxylic acids is 1. The predicted molar refractivity (Wildman–Crippen MR) is 114 cm³/mol. The topological polar surface area (TPSA) is 79.3 Å². The summed E-state index contributed by atoms with van der Waals surface area (Å²) in [4.78, 5) is 28.3. The Labute approximate surface area is 181 Å². The highest BCUT2D eigenvalue weighted by atomic mass is 35.5. The number of aromatic nitrogens is 1. The van der Waals surface area contributed by atoms with Gasteiger partial charge in [0.15, 0.2) is 5.01 Å². The fourth-order valence-electron chi connectivity index (χ4n) is 2.88. The highest BCUT2D eigenvalue weighted by Crippen LogP contribution is 2.37. The number of anilines is 1. The van der Waals surface area contributed by atoms with E-state index < -0.39 is 23.4 Å². The van der Waals surface area contributed by atoms with E-state index >= 15 is 0 Å². The number of carboxylic acids is 1. The van der Waals surface area contributed by atoms with Gasteiger partial charge >= 0.3 is 5.97 Å². The second kappa shape index (κ2) is 8.10. The van der Waals surface area contributed by atoms with Gasteiger partial charge in [0.05, 0.1) is 11.2 Å². The molecule has 0 radical (unpaired) electrons. The zero-order valence-electron chi connectivity index (χ0n) is 14.9. The molecule has 0 unspecified atom stereocenters. The lowest BCUT2D eigenvalue weighted by atomic mass is 10.0. The molecule has 5 nitrogen and oxygen atoms in total. The summed E-state index contributed by atoms with van der Waals surface area (Å²) in [5.74, 6) is -2.85. The molecule has 0 amide bonds. The number of hydrogen-bond acceptors (Lipinski definition) is 6. The van der Waals surface area contributed by atoms with E-state index in [4.69, 9.17) is 11.6 Å². The lowest BCUT2D eigenvalue weighted by Gasteiger charge is -2.06. The smallest absolute Gasteiger partial charge is 0.339 e. The molecule has 152 valence electrons. The zero-order chi connectivity index (χ0) is 21.4. The molecule has 0 spiro atoms. The minimum Gasteiger partial charge on any atom is -0.478 e. The van der Waals surface area contributed by atoms with E-state index in [0.717, 1.165) is 28.7 Å². The SMILES string of the molecule is O=C(CNc1scc(-c2ccc(Cl)cc2F)c1C(=O)O)c1nc2c(F)cccc2s1. The second-order valence-corrected chi connectivity index (χ2v) is 8.51. The molecule has 0 bridgehead atoms. The highest BCUT2D eigenvalue weighted by molar-refractivity contribution is 7.20. The maximum Gasteiger partial charge on any atom is 0.339 e. The van der Waals surface area contributed by atoms with Crippen LogP contribution in [-0.4, -0.2) is 28.4 Å². The van der Waals surface area contributed by atoms with Crippen molar-refractivity contribution >= 4 is 61.2 Å². The van der Waals surface area contributed by atoms with E-state index in [0.29, 0.717) is 4.70 Å². The van der Waals surface area contributed by atoms with E-state index in [1.165, 1.54) is 29.6 Å². The Kier molecular flexibility index (Phi) is 5.50. The van der Waals surface area contributed by atoms with E-state index in [1.807, 2.05) is 0 Å². The monoisotopic (exact) mass is 464 g/mol. The van der Waals surface area contributed by atoms with Crippen molar-refractivity contribution in [1.29, 1.82) is 0 Å². The third-order valence-electron chi connectivity index (χ3n) is 4.24. The van der Waals surface area contributed by atoms with Gasteiger partial charge in [0.2, 0.25) is 5.78 Å². The first-order chi connectivity index (χ1) is 14.3. The number of thiophene rings is 1. The van der Waals surface area contributed by atoms with Crippen molar-refractivity contribution in [2.24, 2.45) is 0 Å². The van der Waals surface area contributed by atoms with Gasteiger partial charge in [-0.25, -0.2) is 18.6 Å². The maximum absolute atomic E-state index is 14.3. The molecule has 30 heavy (non-hydrogen) atoms. The summed E-state index contributed by atoms with van der Waals surface area (Å²) in [5.41, 5.74) is 0.241. The molecule has 0 atom stereocenters. The van der Waals surface area contributed by atoms with Crippen LogP contribution in [0, 0.1) is 11.6 Å². The van der Waals surface area contributed by atoms with Crippen LogP contribution < -0.4 is 5.32 Å². The molecule has 2 heterocycles. The third kappa shape index (κ3) is 3.79. The number of carboxylic acid groups (broad SMARTS) is 1. The van der Waals surface area contributed by atoms with Gasteiger partial charge in [-0.05, 0) is 30.3 Å². The maximum atomic E-state index is 14.3. The van der Waals surface area contributed by atoms with Crippen LogP contribution in [0.25, 0.3) is 21.3 Å². The Morgan fingerprint density at radius 2 is 1.93 bits per heavy atom. The highest BCUT2D eigenvalue weighted by Gasteiger charge is 2.23. The number of rotatable bonds is 6. The number of thiazole rings is 1. The summed E-state index contributed by atoms with van der Waals surface area (Å²) in [6.07, 6.45) is 0. The fraction of sp³-hybridized carbons (Fsp3) is 0.0500. The van der Waals surface area contributed by atoms with Crippen molar-refractivity contribution in [3.05, 3.63) is 69.0 Å². The van der Waals surface area contributed by atoms with Crippen molar-refractivity contribution < 1.29 is 23.5 Å². The molecule has 4 rings (SSSR count). The second-order valence-electron chi connectivity index (χ2n) is 6.17. The molecule has 4 aromatic rings. The zero-order valence-corrected chi connectivity index (χ0v) is 17.3. The molecule has 0 fully saturated rings. The van der Waals surface area contributed by atoms with Crippen LogP contribution in [0.15, 0.2) is 41.8 Å². The number of nitrogens with one attached hydrogen (secondary N) is 1.